The van der Waals surface area contributed by atoms with Crippen molar-refractivity contribution in [2.24, 2.45) is 0 Å². The van der Waals surface area contributed by atoms with Crippen LogP contribution in [-0.4, -0.2) is 19.8 Å². The number of rotatable bonds is 3. The Hall–Kier alpha value is -2.14. The number of aromatic nitrogens is 3. The zero-order valence-corrected chi connectivity index (χ0v) is 13.6. The smallest absolute Gasteiger partial charge is 0.267 e. The molecule has 0 N–H and O–H groups in total. The minimum atomic E-state index is -0.0770. The molecule has 0 aliphatic rings. The Morgan fingerprint density at radius 2 is 1.95 bits per heavy atom. The van der Waals surface area contributed by atoms with Crippen molar-refractivity contribution in [3.8, 4) is 5.82 Å². The second-order valence-electron chi connectivity index (χ2n) is 5.41. The fourth-order valence-corrected chi connectivity index (χ4v) is 3.10. The summed E-state index contributed by atoms with van der Waals surface area (Å²) >= 11 is 1.57. The van der Waals surface area contributed by atoms with Crippen LogP contribution in [0.2, 0.25) is 0 Å². The Morgan fingerprint density at radius 3 is 2.68 bits per heavy atom. The Kier molecular flexibility index (Phi) is 3.98. The summed E-state index contributed by atoms with van der Waals surface area (Å²) in [6, 6.07) is 11.2. The molecule has 0 radical (unpaired) electrons. The Labute approximate surface area is 133 Å². The Morgan fingerprint density at radius 1 is 1.18 bits per heavy atom. The molecule has 5 heteroatoms. The van der Waals surface area contributed by atoms with E-state index in [2.05, 4.69) is 23.8 Å². The van der Waals surface area contributed by atoms with Gasteiger partial charge in [-0.25, -0.2) is 14.5 Å². The van der Waals surface area contributed by atoms with Crippen LogP contribution in [0.4, 0.5) is 0 Å². The molecule has 22 heavy (non-hydrogen) atoms. The Bertz CT molecular complexity index is 886. The van der Waals surface area contributed by atoms with Crippen molar-refractivity contribution in [1.29, 1.82) is 0 Å². The van der Waals surface area contributed by atoms with Gasteiger partial charge >= 0.3 is 0 Å². The van der Waals surface area contributed by atoms with E-state index in [0.717, 1.165) is 11.1 Å². The molecule has 0 saturated carbocycles. The van der Waals surface area contributed by atoms with Gasteiger partial charge in [-0.05, 0) is 36.8 Å². The first-order valence-electron chi connectivity index (χ1n) is 7.18. The highest BCUT2D eigenvalue weighted by molar-refractivity contribution is 7.99. The summed E-state index contributed by atoms with van der Waals surface area (Å²) in [5.41, 5.74) is 1.71. The van der Waals surface area contributed by atoms with Crippen molar-refractivity contribution in [3.63, 3.8) is 0 Å². The summed E-state index contributed by atoms with van der Waals surface area (Å²) in [4.78, 5) is 21.9. The third-order valence-electron chi connectivity index (χ3n) is 3.22. The largest absolute Gasteiger partial charge is 0.268 e. The number of pyridine rings is 1. The van der Waals surface area contributed by atoms with Crippen molar-refractivity contribution in [2.75, 3.05) is 0 Å². The molecule has 4 nitrogen and oxygen atoms in total. The van der Waals surface area contributed by atoms with E-state index in [-0.39, 0.29) is 5.56 Å². The SMILES string of the molecule is Cc1ccnc(-n2c(SC(C)C)nc3ccccc3c2=O)c1. The van der Waals surface area contributed by atoms with Crippen LogP contribution in [0.5, 0.6) is 0 Å². The molecule has 0 aliphatic carbocycles. The molecular weight excluding hydrogens is 294 g/mol. The summed E-state index contributed by atoms with van der Waals surface area (Å²) in [5, 5.41) is 1.61. The molecule has 0 bridgehead atoms. The average Bonchev–Trinajstić information content (AvgIpc) is 2.47. The van der Waals surface area contributed by atoms with Gasteiger partial charge in [0, 0.05) is 11.4 Å². The summed E-state index contributed by atoms with van der Waals surface area (Å²) in [7, 11) is 0. The van der Waals surface area contributed by atoms with Gasteiger partial charge in [0.05, 0.1) is 10.9 Å². The predicted molar refractivity (Wildman–Crippen MR) is 90.9 cm³/mol. The summed E-state index contributed by atoms with van der Waals surface area (Å²) in [6.07, 6.45) is 1.72. The van der Waals surface area contributed by atoms with E-state index < -0.39 is 0 Å². The van der Waals surface area contributed by atoms with Gasteiger partial charge in [-0.2, -0.15) is 0 Å². The van der Waals surface area contributed by atoms with Crippen LogP contribution < -0.4 is 5.56 Å². The standard InChI is InChI=1S/C17H17N3OS/c1-11(2)22-17-19-14-7-5-4-6-13(14)16(21)20(17)15-10-12(3)8-9-18-15/h4-11H,1-3H3. The van der Waals surface area contributed by atoms with E-state index >= 15 is 0 Å². The average molecular weight is 311 g/mol. The van der Waals surface area contributed by atoms with Gasteiger partial charge in [0.15, 0.2) is 5.16 Å². The quantitative estimate of drug-likeness (QED) is 0.548. The van der Waals surface area contributed by atoms with E-state index in [9.17, 15) is 4.79 Å². The third kappa shape index (κ3) is 2.76. The van der Waals surface area contributed by atoms with Crippen LogP contribution >= 0.6 is 11.8 Å². The monoisotopic (exact) mass is 311 g/mol. The first-order valence-corrected chi connectivity index (χ1v) is 8.05. The van der Waals surface area contributed by atoms with E-state index in [1.807, 2.05) is 37.3 Å². The molecule has 0 saturated heterocycles. The third-order valence-corrected chi connectivity index (χ3v) is 4.17. The number of benzene rings is 1. The van der Waals surface area contributed by atoms with Gasteiger partial charge in [0.1, 0.15) is 5.82 Å². The molecular formula is C17H17N3OS. The highest BCUT2D eigenvalue weighted by Crippen LogP contribution is 2.24. The fourth-order valence-electron chi connectivity index (χ4n) is 2.25. The minimum absolute atomic E-state index is 0.0770. The van der Waals surface area contributed by atoms with Crippen LogP contribution in [0, 0.1) is 6.92 Å². The molecule has 1 aromatic carbocycles. The molecule has 0 aliphatic heterocycles. The lowest BCUT2D eigenvalue weighted by atomic mass is 10.2. The number of hydrogen-bond acceptors (Lipinski definition) is 4. The van der Waals surface area contributed by atoms with Crippen LogP contribution in [0.25, 0.3) is 16.7 Å². The van der Waals surface area contributed by atoms with E-state index in [4.69, 9.17) is 0 Å². The summed E-state index contributed by atoms with van der Waals surface area (Å²) in [6.45, 7) is 6.15. The molecule has 0 spiro atoms. The minimum Gasteiger partial charge on any atom is -0.268 e. The molecule has 0 atom stereocenters. The van der Waals surface area contributed by atoms with Crippen LogP contribution in [-0.2, 0) is 0 Å². The van der Waals surface area contributed by atoms with Gasteiger partial charge < -0.3 is 0 Å². The van der Waals surface area contributed by atoms with Gasteiger partial charge in [-0.15, -0.1) is 0 Å². The highest BCUT2D eigenvalue weighted by Gasteiger charge is 2.15. The van der Waals surface area contributed by atoms with E-state index in [1.54, 1.807) is 28.6 Å². The summed E-state index contributed by atoms with van der Waals surface area (Å²) < 4.78 is 1.61. The van der Waals surface area contributed by atoms with Gasteiger partial charge in [0.2, 0.25) is 0 Å². The van der Waals surface area contributed by atoms with Gasteiger partial charge in [0.25, 0.3) is 5.56 Å². The summed E-state index contributed by atoms with van der Waals surface area (Å²) in [5.74, 6) is 0.617. The van der Waals surface area contributed by atoms with Crippen molar-refractivity contribution in [1.82, 2.24) is 14.5 Å². The molecule has 2 aromatic heterocycles. The van der Waals surface area contributed by atoms with Crippen molar-refractivity contribution in [3.05, 3.63) is 58.5 Å². The predicted octanol–water partition coefficient (Wildman–Crippen LogP) is 3.59. The lowest BCUT2D eigenvalue weighted by molar-refractivity contribution is 0.791. The lowest BCUT2D eigenvalue weighted by Crippen LogP contribution is -2.23. The van der Waals surface area contributed by atoms with Crippen LogP contribution in [0.3, 0.4) is 0 Å². The zero-order valence-electron chi connectivity index (χ0n) is 12.8. The van der Waals surface area contributed by atoms with Gasteiger partial charge in [-0.3, -0.25) is 4.79 Å². The first-order chi connectivity index (χ1) is 10.6. The number of nitrogens with zero attached hydrogens (tertiary/aromatic N) is 3. The molecule has 2 heterocycles. The van der Waals surface area contributed by atoms with Crippen molar-refractivity contribution >= 4 is 22.7 Å². The molecule has 0 fully saturated rings. The number of aryl methyl sites for hydroxylation is 1. The highest BCUT2D eigenvalue weighted by atomic mass is 32.2. The molecule has 3 rings (SSSR count). The van der Waals surface area contributed by atoms with Crippen molar-refractivity contribution < 1.29 is 0 Å². The van der Waals surface area contributed by atoms with Crippen LogP contribution in [0.15, 0.2) is 52.5 Å². The maximum absolute atomic E-state index is 12.9. The molecule has 112 valence electrons. The van der Waals surface area contributed by atoms with Crippen molar-refractivity contribution in [2.45, 2.75) is 31.2 Å². The number of para-hydroxylation sites is 1. The fraction of sp³-hybridized carbons (Fsp3) is 0.235. The second kappa shape index (κ2) is 5.93. The topological polar surface area (TPSA) is 47.8 Å². The molecule has 0 amide bonds. The Balaban J connectivity index is 2.34. The van der Waals surface area contributed by atoms with Gasteiger partial charge in [-0.1, -0.05) is 37.7 Å². The second-order valence-corrected chi connectivity index (χ2v) is 6.95. The van der Waals surface area contributed by atoms with E-state index in [0.29, 0.717) is 21.6 Å². The lowest BCUT2D eigenvalue weighted by Gasteiger charge is -2.14. The van der Waals surface area contributed by atoms with Crippen LogP contribution in [0.1, 0.15) is 19.4 Å². The number of thioether (sulfide) groups is 1. The normalized spacial score (nSPS) is 11.3. The number of hydrogen-bond donors (Lipinski definition) is 0. The maximum atomic E-state index is 12.9. The number of fused-ring (bicyclic) bond motifs is 1. The molecule has 3 aromatic rings. The maximum Gasteiger partial charge on any atom is 0.267 e. The zero-order chi connectivity index (χ0) is 15.7. The molecule has 0 unspecified atom stereocenters. The first kappa shape index (κ1) is 14.8. The van der Waals surface area contributed by atoms with E-state index in [1.165, 1.54) is 0 Å².